The van der Waals surface area contributed by atoms with Crippen LogP contribution in [0, 0.1) is 12.7 Å². The van der Waals surface area contributed by atoms with Gasteiger partial charge < -0.3 is 5.32 Å². The summed E-state index contributed by atoms with van der Waals surface area (Å²) in [4.78, 5) is 2.24. The Balaban J connectivity index is 1.92. The first kappa shape index (κ1) is 14.6. The van der Waals surface area contributed by atoms with Gasteiger partial charge in [-0.3, -0.25) is 0 Å². The summed E-state index contributed by atoms with van der Waals surface area (Å²) in [5.41, 5.74) is 2.14. The Morgan fingerprint density at radius 3 is 2.62 bits per heavy atom. The van der Waals surface area contributed by atoms with Crippen molar-refractivity contribution in [3.05, 3.63) is 59.4 Å². The largest absolute Gasteiger partial charge is 0.317 e. The quantitative estimate of drug-likeness (QED) is 0.878. The molecule has 21 heavy (non-hydrogen) atoms. The topological polar surface area (TPSA) is 12.0 Å². The Bertz CT molecular complexity index is 620. The van der Waals surface area contributed by atoms with Crippen molar-refractivity contribution in [1.29, 1.82) is 0 Å². The molecule has 0 saturated carbocycles. The van der Waals surface area contributed by atoms with Gasteiger partial charge in [-0.05, 0) is 63.0 Å². The third kappa shape index (κ3) is 3.47. The number of hydrogen-bond donors (Lipinski definition) is 1. The summed E-state index contributed by atoms with van der Waals surface area (Å²) in [6.45, 7) is 4.05. The van der Waals surface area contributed by atoms with E-state index in [2.05, 4.69) is 36.5 Å². The maximum absolute atomic E-state index is 14.4. The lowest BCUT2D eigenvalue weighted by Gasteiger charge is -2.25. The molecule has 1 aliphatic heterocycles. The van der Waals surface area contributed by atoms with Crippen LogP contribution in [-0.2, 0) is 0 Å². The second kappa shape index (κ2) is 6.63. The fraction of sp³-hybridized carbons (Fsp3) is 0.333. The predicted octanol–water partition coefficient (Wildman–Crippen LogP) is 4.75. The van der Waals surface area contributed by atoms with E-state index in [9.17, 15) is 4.39 Å². The summed E-state index contributed by atoms with van der Waals surface area (Å²) < 4.78 is 14.4. The summed E-state index contributed by atoms with van der Waals surface area (Å²) in [6, 6.07) is 13.9. The highest BCUT2D eigenvalue weighted by molar-refractivity contribution is 7.99. The fourth-order valence-corrected chi connectivity index (χ4v) is 4.08. The average Bonchev–Trinajstić information content (AvgIpc) is 2.48. The number of halogens is 1. The van der Waals surface area contributed by atoms with E-state index in [0.717, 1.165) is 36.4 Å². The van der Waals surface area contributed by atoms with Gasteiger partial charge in [0.2, 0.25) is 0 Å². The third-order valence-electron chi connectivity index (χ3n) is 3.98. The van der Waals surface area contributed by atoms with Crippen molar-refractivity contribution in [2.24, 2.45) is 0 Å². The number of hydrogen-bond acceptors (Lipinski definition) is 2. The van der Waals surface area contributed by atoms with E-state index in [1.54, 1.807) is 17.8 Å². The SMILES string of the molecule is Cc1cccc(Sc2cccc(F)c2C2CCNCC2)c1. The van der Waals surface area contributed by atoms with Crippen LogP contribution in [0.5, 0.6) is 0 Å². The van der Waals surface area contributed by atoms with Crippen molar-refractivity contribution in [2.45, 2.75) is 35.5 Å². The minimum Gasteiger partial charge on any atom is -0.317 e. The minimum absolute atomic E-state index is 0.0560. The van der Waals surface area contributed by atoms with Crippen molar-refractivity contribution in [3.63, 3.8) is 0 Å². The predicted molar refractivity (Wildman–Crippen MR) is 86.5 cm³/mol. The van der Waals surface area contributed by atoms with E-state index in [1.165, 1.54) is 10.5 Å². The molecule has 0 aromatic heterocycles. The fourth-order valence-electron chi connectivity index (χ4n) is 2.92. The zero-order valence-corrected chi connectivity index (χ0v) is 13.0. The van der Waals surface area contributed by atoms with Crippen molar-refractivity contribution in [1.82, 2.24) is 5.32 Å². The van der Waals surface area contributed by atoms with Crippen LogP contribution in [0.25, 0.3) is 0 Å². The Morgan fingerprint density at radius 2 is 1.86 bits per heavy atom. The molecule has 0 amide bonds. The number of aryl methyl sites for hydroxylation is 1. The van der Waals surface area contributed by atoms with Crippen LogP contribution >= 0.6 is 11.8 Å². The molecule has 0 aliphatic carbocycles. The molecule has 0 radical (unpaired) electrons. The number of rotatable bonds is 3. The molecule has 1 nitrogen and oxygen atoms in total. The maximum atomic E-state index is 14.4. The summed E-state index contributed by atoms with van der Waals surface area (Å²) >= 11 is 1.68. The molecule has 0 atom stereocenters. The molecule has 1 aliphatic rings. The molecule has 2 aromatic carbocycles. The lowest BCUT2D eigenvalue weighted by molar-refractivity contribution is 0.439. The number of benzene rings is 2. The highest BCUT2D eigenvalue weighted by Gasteiger charge is 2.22. The van der Waals surface area contributed by atoms with Crippen LogP contribution in [0.15, 0.2) is 52.3 Å². The first-order chi connectivity index (χ1) is 10.2. The molecular weight excluding hydrogens is 281 g/mol. The molecule has 0 bridgehead atoms. The minimum atomic E-state index is -0.0560. The van der Waals surface area contributed by atoms with Crippen LogP contribution in [-0.4, -0.2) is 13.1 Å². The van der Waals surface area contributed by atoms with Crippen LogP contribution in [0.4, 0.5) is 4.39 Å². The highest BCUT2D eigenvalue weighted by atomic mass is 32.2. The van der Waals surface area contributed by atoms with Gasteiger partial charge in [0.15, 0.2) is 0 Å². The number of piperidine rings is 1. The van der Waals surface area contributed by atoms with Gasteiger partial charge in [0.25, 0.3) is 0 Å². The first-order valence-corrected chi connectivity index (χ1v) is 8.29. The van der Waals surface area contributed by atoms with Gasteiger partial charge in [-0.15, -0.1) is 0 Å². The molecule has 0 spiro atoms. The zero-order valence-electron chi connectivity index (χ0n) is 12.2. The van der Waals surface area contributed by atoms with Crippen molar-refractivity contribution >= 4 is 11.8 Å². The van der Waals surface area contributed by atoms with Gasteiger partial charge in [-0.1, -0.05) is 35.5 Å². The summed E-state index contributed by atoms with van der Waals surface area (Å²) in [7, 11) is 0. The molecule has 3 heteroatoms. The van der Waals surface area contributed by atoms with Crippen molar-refractivity contribution in [2.75, 3.05) is 13.1 Å². The maximum Gasteiger partial charge on any atom is 0.127 e. The molecule has 1 saturated heterocycles. The number of nitrogens with one attached hydrogen (secondary N) is 1. The second-order valence-electron chi connectivity index (χ2n) is 5.59. The lowest BCUT2D eigenvalue weighted by atomic mass is 9.90. The molecule has 1 heterocycles. The van der Waals surface area contributed by atoms with E-state index in [1.807, 2.05) is 12.1 Å². The zero-order chi connectivity index (χ0) is 14.7. The van der Waals surface area contributed by atoms with E-state index >= 15 is 0 Å². The molecule has 3 rings (SSSR count). The third-order valence-corrected chi connectivity index (χ3v) is 5.04. The smallest absolute Gasteiger partial charge is 0.127 e. The van der Waals surface area contributed by atoms with Gasteiger partial charge in [0.1, 0.15) is 5.82 Å². The van der Waals surface area contributed by atoms with Crippen LogP contribution in [0.3, 0.4) is 0 Å². The molecule has 0 unspecified atom stereocenters. The molecule has 1 N–H and O–H groups in total. The Hall–Kier alpha value is -1.32. The second-order valence-corrected chi connectivity index (χ2v) is 6.71. The Kier molecular flexibility index (Phi) is 4.61. The van der Waals surface area contributed by atoms with Gasteiger partial charge in [-0.25, -0.2) is 4.39 Å². The van der Waals surface area contributed by atoms with Gasteiger partial charge in [0.05, 0.1) is 0 Å². The molecule has 1 fully saturated rings. The van der Waals surface area contributed by atoms with Crippen LogP contribution in [0.2, 0.25) is 0 Å². The standard InChI is InChI=1S/C18H20FNS/c1-13-4-2-5-15(12-13)21-17-7-3-6-16(19)18(17)14-8-10-20-11-9-14/h2-7,12,14,20H,8-11H2,1H3. The van der Waals surface area contributed by atoms with E-state index in [-0.39, 0.29) is 5.82 Å². The summed E-state index contributed by atoms with van der Waals surface area (Å²) in [5, 5.41) is 3.35. The van der Waals surface area contributed by atoms with E-state index in [0.29, 0.717) is 5.92 Å². The van der Waals surface area contributed by atoms with Crippen LogP contribution in [0.1, 0.15) is 29.9 Å². The average molecular weight is 301 g/mol. The lowest BCUT2D eigenvalue weighted by Crippen LogP contribution is -2.27. The van der Waals surface area contributed by atoms with Crippen molar-refractivity contribution < 1.29 is 4.39 Å². The molecule has 110 valence electrons. The van der Waals surface area contributed by atoms with Gasteiger partial charge >= 0.3 is 0 Å². The van der Waals surface area contributed by atoms with Crippen molar-refractivity contribution in [3.8, 4) is 0 Å². The monoisotopic (exact) mass is 301 g/mol. The molecular formula is C18H20FNS. The highest BCUT2D eigenvalue weighted by Crippen LogP contribution is 2.38. The Morgan fingerprint density at radius 1 is 1.10 bits per heavy atom. The Labute approximate surface area is 130 Å². The van der Waals surface area contributed by atoms with Gasteiger partial charge in [0, 0.05) is 15.4 Å². The summed E-state index contributed by atoms with van der Waals surface area (Å²) in [5.74, 6) is 0.277. The summed E-state index contributed by atoms with van der Waals surface area (Å²) in [6.07, 6.45) is 2.03. The van der Waals surface area contributed by atoms with Crippen LogP contribution < -0.4 is 5.32 Å². The van der Waals surface area contributed by atoms with Gasteiger partial charge in [-0.2, -0.15) is 0 Å². The van der Waals surface area contributed by atoms with E-state index in [4.69, 9.17) is 0 Å². The molecule has 2 aromatic rings. The normalized spacial score (nSPS) is 16.1. The van der Waals surface area contributed by atoms with E-state index < -0.39 is 0 Å². The first-order valence-electron chi connectivity index (χ1n) is 7.47.